The third kappa shape index (κ3) is 3.58. The molecule has 1 heterocycles. The number of alkyl halides is 3. The Morgan fingerprint density at radius 2 is 2.12 bits per heavy atom. The summed E-state index contributed by atoms with van der Waals surface area (Å²) in [5, 5.41) is 3.74. The maximum atomic E-state index is 12.5. The number of rotatable bonds is 4. The molecular weight excluding hydrogens is 257 g/mol. The van der Waals surface area contributed by atoms with Gasteiger partial charge in [0.15, 0.2) is 0 Å². The van der Waals surface area contributed by atoms with Crippen LogP contribution in [0.1, 0.15) is 11.7 Å². The Kier molecular flexibility index (Phi) is 4.40. The van der Waals surface area contributed by atoms with Gasteiger partial charge in [0.25, 0.3) is 0 Å². The Bertz CT molecular complexity index is 375. The van der Waals surface area contributed by atoms with Crippen LogP contribution >= 0.6 is 11.6 Å². The highest BCUT2D eigenvalue weighted by atomic mass is 35.5. The normalized spacial score (nSPS) is 14.4. The van der Waals surface area contributed by atoms with Crippen LogP contribution in [-0.2, 0) is 6.54 Å². The van der Waals surface area contributed by atoms with Crippen LogP contribution in [0.15, 0.2) is 6.20 Å². The highest BCUT2D eigenvalue weighted by Gasteiger charge is 2.41. The quantitative estimate of drug-likeness (QED) is 0.905. The molecule has 0 fully saturated rings. The molecule has 1 atom stereocenters. The Morgan fingerprint density at radius 3 is 2.59 bits per heavy atom. The van der Waals surface area contributed by atoms with Crippen LogP contribution in [-0.4, -0.2) is 41.5 Å². The zero-order chi connectivity index (χ0) is 13.2. The minimum absolute atomic E-state index is 0.0615. The van der Waals surface area contributed by atoms with Gasteiger partial charge in [-0.05, 0) is 14.1 Å². The summed E-state index contributed by atoms with van der Waals surface area (Å²) in [4.78, 5) is 1.83. The predicted octanol–water partition coefficient (Wildman–Crippen LogP) is 1.66. The molecule has 0 saturated carbocycles. The molecule has 0 aliphatic heterocycles. The lowest BCUT2D eigenvalue weighted by Crippen LogP contribution is -2.32. The molecule has 0 spiro atoms. The third-order valence-electron chi connectivity index (χ3n) is 2.24. The Morgan fingerprint density at radius 1 is 1.53 bits per heavy atom. The number of likely N-dealkylation sites (N-methyl/N-ethyl adjacent to an activating group) is 1. The lowest BCUT2D eigenvalue weighted by Gasteiger charge is -2.18. The molecule has 1 rings (SSSR count). The average Bonchev–Trinajstić information content (AvgIpc) is 2.54. The van der Waals surface area contributed by atoms with Gasteiger partial charge in [0.1, 0.15) is 6.04 Å². The van der Waals surface area contributed by atoms with Crippen LogP contribution in [0.25, 0.3) is 0 Å². The topological polar surface area (TPSA) is 47.1 Å². The van der Waals surface area contributed by atoms with E-state index in [1.807, 2.05) is 19.0 Å². The fourth-order valence-corrected chi connectivity index (χ4v) is 1.57. The lowest BCUT2D eigenvalue weighted by atomic mass is 10.2. The van der Waals surface area contributed by atoms with Crippen molar-refractivity contribution in [3.8, 4) is 0 Å². The van der Waals surface area contributed by atoms with E-state index in [9.17, 15) is 13.2 Å². The third-order valence-corrected chi connectivity index (χ3v) is 2.53. The van der Waals surface area contributed by atoms with Crippen LogP contribution in [0.3, 0.4) is 0 Å². The molecule has 0 saturated heterocycles. The average molecular weight is 271 g/mol. The summed E-state index contributed by atoms with van der Waals surface area (Å²) in [7, 11) is 3.63. The van der Waals surface area contributed by atoms with Gasteiger partial charge in [-0.2, -0.15) is 18.3 Å². The zero-order valence-electron chi connectivity index (χ0n) is 9.50. The van der Waals surface area contributed by atoms with Gasteiger partial charge < -0.3 is 10.6 Å². The van der Waals surface area contributed by atoms with Crippen LogP contribution in [0, 0.1) is 0 Å². The van der Waals surface area contributed by atoms with Gasteiger partial charge in [-0.15, -0.1) is 0 Å². The van der Waals surface area contributed by atoms with Crippen LogP contribution in [0.2, 0.25) is 5.02 Å². The van der Waals surface area contributed by atoms with E-state index < -0.39 is 12.2 Å². The lowest BCUT2D eigenvalue weighted by molar-refractivity contribution is -0.150. The van der Waals surface area contributed by atoms with Gasteiger partial charge in [-0.25, -0.2) is 0 Å². The highest BCUT2D eigenvalue weighted by molar-refractivity contribution is 6.31. The van der Waals surface area contributed by atoms with Crippen LogP contribution in [0.5, 0.6) is 0 Å². The van der Waals surface area contributed by atoms with Crippen molar-refractivity contribution in [2.45, 2.75) is 18.8 Å². The monoisotopic (exact) mass is 270 g/mol. The van der Waals surface area contributed by atoms with Gasteiger partial charge >= 0.3 is 6.18 Å². The molecule has 98 valence electrons. The first-order chi connectivity index (χ1) is 7.73. The summed E-state index contributed by atoms with van der Waals surface area (Å²) < 4.78 is 38.8. The molecule has 17 heavy (non-hydrogen) atoms. The second-order valence-electron chi connectivity index (χ2n) is 3.92. The smallest absolute Gasteiger partial charge is 0.315 e. The fourth-order valence-electron chi connectivity index (χ4n) is 1.31. The number of nitrogens with two attached hydrogens (primary N) is 1. The number of nitrogens with zero attached hydrogens (tertiary/aromatic N) is 3. The number of hydrogen-bond acceptors (Lipinski definition) is 3. The largest absolute Gasteiger partial charge is 0.409 e. The standard InChI is InChI=1S/C9H14ClF3N4/c1-16(2)3-4-17-7(6(10)5-15-17)8(14)9(11,12)13/h5,8H,3-4,14H2,1-2H3. The number of aromatic nitrogens is 2. The Balaban J connectivity index is 2.94. The first kappa shape index (κ1) is 14.3. The van der Waals surface area contributed by atoms with Crippen molar-refractivity contribution in [3.05, 3.63) is 16.9 Å². The molecular formula is C9H14ClF3N4. The van der Waals surface area contributed by atoms with Gasteiger partial charge in [-0.3, -0.25) is 4.68 Å². The maximum Gasteiger partial charge on any atom is 0.409 e. The fraction of sp³-hybridized carbons (Fsp3) is 0.667. The van der Waals surface area contributed by atoms with E-state index in [0.29, 0.717) is 13.1 Å². The van der Waals surface area contributed by atoms with Crippen molar-refractivity contribution >= 4 is 11.6 Å². The maximum absolute atomic E-state index is 12.5. The van der Waals surface area contributed by atoms with Crippen molar-refractivity contribution in [2.75, 3.05) is 20.6 Å². The number of halogens is 4. The summed E-state index contributed by atoms with van der Waals surface area (Å²) in [5.41, 5.74) is 4.95. The van der Waals surface area contributed by atoms with E-state index in [0.717, 1.165) is 0 Å². The van der Waals surface area contributed by atoms with E-state index in [4.69, 9.17) is 17.3 Å². The summed E-state index contributed by atoms with van der Waals surface area (Å²) in [6, 6.07) is -2.11. The summed E-state index contributed by atoms with van der Waals surface area (Å²) >= 11 is 5.68. The minimum atomic E-state index is -4.53. The molecule has 0 bridgehead atoms. The molecule has 0 aliphatic carbocycles. The van der Waals surface area contributed by atoms with Crippen molar-refractivity contribution in [1.29, 1.82) is 0 Å². The van der Waals surface area contributed by atoms with E-state index >= 15 is 0 Å². The molecule has 1 aromatic heterocycles. The van der Waals surface area contributed by atoms with E-state index in [2.05, 4.69) is 5.10 Å². The summed E-state index contributed by atoms with van der Waals surface area (Å²) in [6.45, 7) is 0.856. The molecule has 1 aromatic rings. The van der Waals surface area contributed by atoms with E-state index in [1.54, 1.807) is 0 Å². The van der Waals surface area contributed by atoms with Crippen molar-refractivity contribution in [3.63, 3.8) is 0 Å². The summed E-state index contributed by atoms with van der Waals surface area (Å²) in [6.07, 6.45) is -3.35. The molecule has 0 aliphatic rings. The van der Waals surface area contributed by atoms with Crippen molar-refractivity contribution < 1.29 is 13.2 Å². The SMILES string of the molecule is CN(C)CCn1ncc(Cl)c1C(N)C(F)(F)F. The van der Waals surface area contributed by atoms with Gasteiger partial charge in [0.05, 0.1) is 23.5 Å². The molecule has 2 N–H and O–H groups in total. The first-order valence-electron chi connectivity index (χ1n) is 4.91. The molecule has 8 heteroatoms. The molecule has 0 radical (unpaired) electrons. The second kappa shape index (κ2) is 5.24. The molecule has 0 aromatic carbocycles. The number of hydrogen-bond donors (Lipinski definition) is 1. The van der Waals surface area contributed by atoms with Crippen molar-refractivity contribution in [2.24, 2.45) is 5.73 Å². The minimum Gasteiger partial charge on any atom is -0.315 e. The van der Waals surface area contributed by atoms with Gasteiger partial charge in [-0.1, -0.05) is 11.6 Å². The van der Waals surface area contributed by atoms with E-state index in [1.165, 1.54) is 10.9 Å². The molecule has 1 unspecified atom stereocenters. The van der Waals surface area contributed by atoms with Gasteiger partial charge in [0, 0.05) is 6.54 Å². The van der Waals surface area contributed by atoms with Crippen molar-refractivity contribution in [1.82, 2.24) is 14.7 Å². The van der Waals surface area contributed by atoms with Crippen LogP contribution < -0.4 is 5.73 Å². The Labute approximate surface area is 102 Å². The molecule has 0 amide bonds. The first-order valence-corrected chi connectivity index (χ1v) is 5.29. The zero-order valence-corrected chi connectivity index (χ0v) is 10.3. The van der Waals surface area contributed by atoms with E-state index in [-0.39, 0.29) is 10.7 Å². The highest BCUT2D eigenvalue weighted by Crippen LogP contribution is 2.33. The molecule has 4 nitrogen and oxygen atoms in total. The second-order valence-corrected chi connectivity index (χ2v) is 4.33. The van der Waals surface area contributed by atoms with Crippen LogP contribution in [0.4, 0.5) is 13.2 Å². The van der Waals surface area contributed by atoms with Gasteiger partial charge in [0.2, 0.25) is 0 Å². The predicted molar refractivity (Wildman–Crippen MR) is 58.8 cm³/mol. The Hall–Kier alpha value is -0.790. The summed E-state index contributed by atoms with van der Waals surface area (Å²) in [5.74, 6) is 0.